The van der Waals surface area contributed by atoms with Crippen LogP contribution in [-0.4, -0.2) is 30.0 Å². The summed E-state index contributed by atoms with van der Waals surface area (Å²) in [5.41, 5.74) is -0.112. The zero-order chi connectivity index (χ0) is 17.0. The van der Waals surface area contributed by atoms with Gasteiger partial charge in [-0.3, -0.25) is 5.32 Å². The average Bonchev–Trinajstić information content (AvgIpc) is 2.34. The smallest absolute Gasteiger partial charge is 0.495 e. The predicted molar refractivity (Wildman–Crippen MR) is 74.9 cm³/mol. The number of amides is 1. The Balaban J connectivity index is 2.83. The molecular weight excluding hydrogens is 373 g/mol. The summed E-state index contributed by atoms with van der Waals surface area (Å²) in [6.07, 6.45) is -5.92. The van der Waals surface area contributed by atoms with Crippen LogP contribution >= 0.6 is 34.8 Å². The van der Waals surface area contributed by atoms with Gasteiger partial charge in [0.2, 0.25) is 3.79 Å². The van der Waals surface area contributed by atoms with Gasteiger partial charge in [0.1, 0.15) is 18.1 Å². The molecule has 0 aliphatic carbocycles. The molecule has 0 saturated carbocycles. The molecule has 11 heteroatoms. The molecular formula is C11H9Cl3F3NO4. The van der Waals surface area contributed by atoms with Crippen LogP contribution in [0.15, 0.2) is 18.2 Å². The number of nitrogens with one attached hydrogen (secondary N) is 1. The maximum absolute atomic E-state index is 12.2. The van der Waals surface area contributed by atoms with Crippen LogP contribution in [0.1, 0.15) is 0 Å². The maximum atomic E-state index is 12.2. The second kappa shape index (κ2) is 7.34. The first kappa shape index (κ1) is 18.8. The first-order valence-electron chi connectivity index (χ1n) is 5.44. The van der Waals surface area contributed by atoms with Crippen molar-refractivity contribution in [1.29, 1.82) is 0 Å². The van der Waals surface area contributed by atoms with Gasteiger partial charge in [-0.15, -0.1) is 13.2 Å². The van der Waals surface area contributed by atoms with Crippen LogP contribution < -0.4 is 14.8 Å². The van der Waals surface area contributed by atoms with Crippen molar-refractivity contribution in [3.8, 4) is 11.5 Å². The zero-order valence-corrected chi connectivity index (χ0v) is 13.1. The molecule has 5 nitrogen and oxygen atoms in total. The van der Waals surface area contributed by atoms with Gasteiger partial charge in [-0.1, -0.05) is 34.8 Å². The lowest BCUT2D eigenvalue weighted by Crippen LogP contribution is -2.21. The van der Waals surface area contributed by atoms with Crippen molar-refractivity contribution in [3.05, 3.63) is 18.2 Å². The molecule has 0 saturated heterocycles. The van der Waals surface area contributed by atoms with Gasteiger partial charge >= 0.3 is 12.5 Å². The van der Waals surface area contributed by atoms with Gasteiger partial charge in [-0.2, -0.15) is 0 Å². The van der Waals surface area contributed by atoms with Crippen molar-refractivity contribution in [2.75, 3.05) is 19.0 Å². The van der Waals surface area contributed by atoms with E-state index >= 15 is 0 Å². The molecule has 0 radical (unpaired) electrons. The zero-order valence-electron chi connectivity index (χ0n) is 10.8. The molecule has 0 heterocycles. The molecule has 124 valence electrons. The Morgan fingerprint density at radius 2 is 1.91 bits per heavy atom. The van der Waals surface area contributed by atoms with E-state index < -0.39 is 28.6 Å². The lowest BCUT2D eigenvalue weighted by Gasteiger charge is -2.15. The fraction of sp³-hybridized carbons (Fsp3) is 0.364. The topological polar surface area (TPSA) is 56.8 Å². The fourth-order valence-corrected chi connectivity index (χ4v) is 1.44. The monoisotopic (exact) mass is 381 g/mol. The lowest BCUT2D eigenvalue weighted by atomic mass is 10.2. The van der Waals surface area contributed by atoms with Gasteiger partial charge in [0.25, 0.3) is 0 Å². The standard InChI is InChI=1S/C11H9Cl3F3NO4/c1-20-8-3-2-6(22-11(15,16)17)4-7(8)18-9(19)21-5-10(12,13)14/h2-4H,5H2,1H3,(H,18,19). The van der Waals surface area contributed by atoms with Crippen molar-refractivity contribution in [3.63, 3.8) is 0 Å². The predicted octanol–water partition coefficient (Wildman–Crippen LogP) is 4.51. The summed E-state index contributed by atoms with van der Waals surface area (Å²) >= 11 is 16.2. The summed E-state index contributed by atoms with van der Waals surface area (Å²) in [6.45, 7) is -0.551. The molecule has 0 aliphatic heterocycles. The first-order chi connectivity index (χ1) is 10.00. The normalized spacial score (nSPS) is 11.8. The van der Waals surface area contributed by atoms with Gasteiger partial charge in [0.05, 0.1) is 12.8 Å². The summed E-state index contributed by atoms with van der Waals surface area (Å²) in [5, 5.41) is 2.15. The highest BCUT2D eigenvalue weighted by molar-refractivity contribution is 6.67. The Bertz CT molecular complexity index is 534. The third-order valence-electron chi connectivity index (χ3n) is 2.01. The number of anilines is 1. The van der Waals surface area contributed by atoms with Crippen molar-refractivity contribution in [2.45, 2.75) is 10.2 Å². The Morgan fingerprint density at radius 3 is 2.41 bits per heavy atom. The molecule has 0 spiro atoms. The molecule has 22 heavy (non-hydrogen) atoms. The molecule has 0 aliphatic rings. The van der Waals surface area contributed by atoms with E-state index in [-0.39, 0.29) is 11.4 Å². The number of carbonyl (C=O) groups excluding carboxylic acids is 1. The molecule has 0 aromatic heterocycles. The number of carbonyl (C=O) groups is 1. The van der Waals surface area contributed by atoms with Crippen LogP contribution in [0.25, 0.3) is 0 Å². The number of halogens is 6. The molecule has 0 unspecified atom stereocenters. The fourth-order valence-electron chi connectivity index (χ4n) is 1.28. The molecule has 0 atom stereocenters. The number of rotatable bonds is 4. The number of hydrogen-bond donors (Lipinski definition) is 1. The average molecular weight is 383 g/mol. The van der Waals surface area contributed by atoms with Crippen molar-refractivity contribution >= 4 is 46.6 Å². The third-order valence-corrected chi connectivity index (χ3v) is 2.34. The number of hydrogen-bond acceptors (Lipinski definition) is 4. The highest BCUT2D eigenvalue weighted by Gasteiger charge is 2.31. The summed E-state index contributed by atoms with van der Waals surface area (Å²) in [4.78, 5) is 11.5. The molecule has 1 aromatic rings. The van der Waals surface area contributed by atoms with Crippen molar-refractivity contribution in [1.82, 2.24) is 0 Å². The summed E-state index contributed by atoms with van der Waals surface area (Å²) in [5.74, 6) is -0.467. The van der Waals surface area contributed by atoms with E-state index in [0.717, 1.165) is 12.1 Å². The molecule has 0 bridgehead atoms. The Morgan fingerprint density at radius 1 is 1.27 bits per heavy atom. The first-order valence-corrected chi connectivity index (χ1v) is 6.58. The third kappa shape index (κ3) is 7.15. The highest BCUT2D eigenvalue weighted by Crippen LogP contribution is 2.32. The van der Waals surface area contributed by atoms with Gasteiger partial charge in [-0.05, 0) is 12.1 Å². The summed E-state index contributed by atoms with van der Waals surface area (Å²) < 4.78 is 47.9. The molecule has 1 N–H and O–H groups in total. The Kier molecular flexibility index (Phi) is 6.27. The molecule has 0 fully saturated rings. The second-order valence-electron chi connectivity index (χ2n) is 3.73. The van der Waals surface area contributed by atoms with Crippen LogP contribution in [0.5, 0.6) is 11.5 Å². The molecule has 1 amide bonds. The largest absolute Gasteiger partial charge is 0.573 e. The number of alkyl halides is 6. The molecule has 1 rings (SSSR count). The van der Waals surface area contributed by atoms with E-state index in [1.165, 1.54) is 13.2 Å². The quantitative estimate of drug-likeness (QED) is 0.778. The van der Waals surface area contributed by atoms with E-state index in [9.17, 15) is 18.0 Å². The second-order valence-corrected chi connectivity index (χ2v) is 6.24. The van der Waals surface area contributed by atoms with E-state index in [0.29, 0.717) is 0 Å². The lowest BCUT2D eigenvalue weighted by molar-refractivity contribution is -0.274. The van der Waals surface area contributed by atoms with Crippen molar-refractivity contribution < 1.29 is 32.2 Å². The van der Waals surface area contributed by atoms with Crippen LogP contribution in [0.3, 0.4) is 0 Å². The van der Waals surface area contributed by atoms with Crippen LogP contribution in [-0.2, 0) is 4.74 Å². The van der Waals surface area contributed by atoms with Crippen LogP contribution in [0, 0.1) is 0 Å². The number of methoxy groups -OCH3 is 1. The van der Waals surface area contributed by atoms with Crippen LogP contribution in [0.2, 0.25) is 0 Å². The highest BCUT2D eigenvalue weighted by atomic mass is 35.6. The van der Waals surface area contributed by atoms with E-state index in [1.807, 2.05) is 0 Å². The van der Waals surface area contributed by atoms with Crippen LogP contribution in [0.4, 0.5) is 23.7 Å². The van der Waals surface area contributed by atoms with Gasteiger partial charge in [0, 0.05) is 6.07 Å². The van der Waals surface area contributed by atoms with Gasteiger partial charge in [0.15, 0.2) is 0 Å². The number of ether oxygens (including phenoxy) is 3. The van der Waals surface area contributed by atoms with E-state index in [4.69, 9.17) is 39.5 Å². The van der Waals surface area contributed by atoms with E-state index in [1.54, 1.807) is 0 Å². The van der Waals surface area contributed by atoms with E-state index in [2.05, 4.69) is 14.8 Å². The minimum Gasteiger partial charge on any atom is -0.495 e. The Hall–Kier alpha value is -1.25. The minimum absolute atomic E-state index is 0.0837. The summed E-state index contributed by atoms with van der Waals surface area (Å²) in [6, 6.07) is 3.10. The van der Waals surface area contributed by atoms with Gasteiger partial charge < -0.3 is 14.2 Å². The molecule has 1 aromatic carbocycles. The Labute approximate surface area is 138 Å². The minimum atomic E-state index is -4.87. The SMILES string of the molecule is COc1ccc(OC(F)(F)F)cc1NC(=O)OCC(Cl)(Cl)Cl. The maximum Gasteiger partial charge on any atom is 0.573 e. The number of benzene rings is 1. The van der Waals surface area contributed by atoms with Crippen molar-refractivity contribution in [2.24, 2.45) is 0 Å². The van der Waals surface area contributed by atoms with Gasteiger partial charge in [-0.25, -0.2) is 4.79 Å². The summed E-state index contributed by atoms with van der Waals surface area (Å²) in [7, 11) is 1.26.